The number of para-hydroxylation sites is 1. The maximum Gasteiger partial charge on any atom is 0.262 e. The smallest absolute Gasteiger partial charge is 0.262 e. The second kappa shape index (κ2) is 8.71. The standard InChI is InChI=1S/C20H20FN3O3S2/c1-3-19-22-15(13-28-19)12-24(2)20(25)14-7-6-8-16(11-14)29(26,27)23-18-10-5-4-9-17(18)21/h4-11,13,23H,3,12H2,1-2H3. The number of hydrogen-bond acceptors (Lipinski definition) is 5. The normalized spacial score (nSPS) is 11.3. The van der Waals surface area contributed by atoms with Gasteiger partial charge in [-0.1, -0.05) is 25.1 Å². The van der Waals surface area contributed by atoms with Crippen LogP contribution in [0.25, 0.3) is 0 Å². The van der Waals surface area contributed by atoms with E-state index in [9.17, 15) is 17.6 Å². The van der Waals surface area contributed by atoms with Crippen molar-refractivity contribution in [3.63, 3.8) is 0 Å². The summed E-state index contributed by atoms with van der Waals surface area (Å²) in [5.74, 6) is -1.02. The van der Waals surface area contributed by atoms with E-state index in [1.54, 1.807) is 13.1 Å². The van der Waals surface area contributed by atoms with Crippen molar-refractivity contribution >= 4 is 33.0 Å². The van der Waals surface area contributed by atoms with Gasteiger partial charge in [0.05, 0.1) is 27.8 Å². The number of amides is 1. The summed E-state index contributed by atoms with van der Waals surface area (Å²) in [5, 5.41) is 2.90. The van der Waals surface area contributed by atoms with E-state index in [0.29, 0.717) is 6.54 Å². The van der Waals surface area contributed by atoms with Crippen LogP contribution in [0.1, 0.15) is 28.0 Å². The van der Waals surface area contributed by atoms with Gasteiger partial charge in [0.25, 0.3) is 15.9 Å². The molecule has 9 heteroatoms. The summed E-state index contributed by atoms with van der Waals surface area (Å²) in [6.45, 7) is 2.33. The van der Waals surface area contributed by atoms with Crippen LogP contribution in [0.5, 0.6) is 0 Å². The number of halogens is 1. The molecule has 1 amide bonds. The van der Waals surface area contributed by atoms with Crippen LogP contribution in [0.2, 0.25) is 0 Å². The molecule has 1 heterocycles. The lowest BCUT2D eigenvalue weighted by molar-refractivity contribution is 0.0783. The number of sulfonamides is 1. The van der Waals surface area contributed by atoms with Crippen molar-refractivity contribution in [3.05, 3.63) is 76.0 Å². The molecule has 1 aromatic heterocycles. The van der Waals surface area contributed by atoms with Gasteiger partial charge in [-0.15, -0.1) is 11.3 Å². The van der Waals surface area contributed by atoms with Gasteiger partial charge in [0, 0.05) is 18.0 Å². The van der Waals surface area contributed by atoms with E-state index in [1.165, 1.54) is 52.6 Å². The zero-order valence-corrected chi connectivity index (χ0v) is 17.6. The Labute approximate surface area is 173 Å². The minimum atomic E-state index is -4.05. The first-order valence-corrected chi connectivity index (χ1v) is 11.2. The number of thiazole rings is 1. The first-order chi connectivity index (χ1) is 13.8. The number of nitrogens with one attached hydrogen (secondary N) is 1. The van der Waals surface area contributed by atoms with Crippen LogP contribution in [-0.4, -0.2) is 31.3 Å². The molecule has 0 unspecified atom stereocenters. The van der Waals surface area contributed by atoms with Gasteiger partial charge in [-0.3, -0.25) is 9.52 Å². The summed E-state index contributed by atoms with van der Waals surface area (Å²) in [7, 11) is -2.42. The molecule has 0 bridgehead atoms. The van der Waals surface area contributed by atoms with Crippen LogP contribution in [0.4, 0.5) is 10.1 Å². The minimum Gasteiger partial charge on any atom is -0.336 e. The molecule has 1 N–H and O–H groups in total. The third kappa shape index (κ3) is 4.99. The highest BCUT2D eigenvalue weighted by atomic mass is 32.2. The molecule has 0 saturated carbocycles. The fourth-order valence-electron chi connectivity index (χ4n) is 2.66. The molecule has 0 saturated heterocycles. The topological polar surface area (TPSA) is 79.4 Å². The van der Waals surface area contributed by atoms with Gasteiger partial charge >= 0.3 is 0 Å². The second-order valence-electron chi connectivity index (χ2n) is 6.36. The van der Waals surface area contributed by atoms with E-state index < -0.39 is 15.8 Å². The van der Waals surface area contributed by atoms with Crippen LogP contribution in [0.3, 0.4) is 0 Å². The van der Waals surface area contributed by atoms with Gasteiger partial charge in [-0.25, -0.2) is 17.8 Å². The third-order valence-corrected chi connectivity index (χ3v) is 6.56. The lowest BCUT2D eigenvalue weighted by atomic mass is 10.2. The van der Waals surface area contributed by atoms with Crippen molar-refractivity contribution in [2.75, 3.05) is 11.8 Å². The maximum atomic E-state index is 13.8. The number of anilines is 1. The number of carbonyl (C=O) groups excluding carboxylic acids is 1. The van der Waals surface area contributed by atoms with E-state index in [0.717, 1.165) is 23.2 Å². The van der Waals surface area contributed by atoms with Crippen LogP contribution in [0, 0.1) is 5.82 Å². The molecule has 0 aliphatic rings. The van der Waals surface area contributed by atoms with Crippen molar-refractivity contribution in [2.24, 2.45) is 0 Å². The number of aromatic nitrogens is 1. The van der Waals surface area contributed by atoms with Gasteiger partial charge in [0.1, 0.15) is 5.82 Å². The average molecular weight is 434 g/mol. The van der Waals surface area contributed by atoms with Gasteiger partial charge in [-0.05, 0) is 36.8 Å². The Hall–Kier alpha value is -2.78. The van der Waals surface area contributed by atoms with Crippen LogP contribution >= 0.6 is 11.3 Å². The Bertz CT molecular complexity index is 1130. The molecule has 6 nitrogen and oxygen atoms in total. The fourth-order valence-corrected chi connectivity index (χ4v) is 4.51. The molecule has 0 aliphatic carbocycles. The van der Waals surface area contributed by atoms with E-state index in [1.807, 2.05) is 12.3 Å². The Morgan fingerprint density at radius 3 is 2.66 bits per heavy atom. The van der Waals surface area contributed by atoms with E-state index in [2.05, 4.69) is 9.71 Å². The van der Waals surface area contributed by atoms with E-state index >= 15 is 0 Å². The average Bonchev–Trinajstić information content (AvgIpc) is 3.16. The fraction of sp³-hybridized carbons (Fsp3) is 0.200. The van der Waals surface area contributed by atoms with Gasteiger partial charge in [0.15, 0.2) is 0 Å². The Morgan fingerprint density at radius 2 is 1.97 bits per heavy atom. The third-order valence-electron chi connectivity index (χ3n) is 4.16. The lowest BCUT2D eigenvalue weighted by Crippen LogP contribution is -2.26. The predicted octanol–water partition coefficient (Wildman–Crippen LogP) is 3.92. The molecule has 0 atom stereocenters. The summed E-state index contributed by atoms with van der Waals surface area (Å²) in [6, 6.07) is 11.1. The molecular weight excluding hydrogens is 413 g/mol. The number of nitrogens with zero attached hydrogens (tertiary/aromatic N) is 2. The first kappa shape index (κ1) is 20.9. The number of hydrogen-bond donors (Lipinski definition) is 1. The van der Waals surface area contributed by atoms with Crippen molar-refractivity contribution in [1.82, 2.24) is 9.88 Å². The highest BCUT2D eigenvalue weighted by molar-refractivity contribution is 7.92. The summed E-state index contributed by atoms with van der Waals surface area (Å²) in [4.78, 5) is 18.5. The van der Waals surface area contributed by atoms with Crippen LogP contribution < -0.4 is 4.72 Å². The number of carbonyl (C=O) groups is 1. The SMILES string of the molecule is CCc1nc(CN(C)C(=O)c2cccc(S(=O)(=O)Nc3ccccc3F)c2)cs1. The quantitative estimate of drug-likeness (QED) is 0.613. The summed E-state index contributed by atoms with van der Waals surface area (Å²) < 4.78 is 41.2. The molecule has 0 radical (unpaired) electrons. The maximum absolute atomic E-state index is 13.8. The molecule has 0 aliphatic heterocycles. The molecule has 152 valence electrons. The molecule has 0 spiro atoms. The second-order valence-corrected chi connectivity index (χ2v) is 8.99. The van der Waals surface area contributed by atoms with Crippen molar-refractivity contribution in [1.29, 1.82) is 0 Å². The highest BCUT2D eigenvalue weighted by Gasteiger charge is 2.20. The van der Waals surface area contributed by atoms with E-state index in [4.69, 9.17) is 0 Å². The molecule has 29 heavy (non-hydrogen) atoms. The van der Waals surface area contributed by atoms with Crippen molar-refractivity contribution in [2.45, 2.75) is 24.8 Å². The van der Waals surface area contributed by atoms with Crippen molar-refractivity contribution < 1.29 is 17.6 Å². The van der Waals surface area contributed by atoms with Crippen molar-refractivity contribution in [3.8, 4) is 0 Å². The summed E-state index contributed by atoms with van der Waals surface area (Å²) in [5.41, 5.74) is 0.846. The van der Waals surface area contributed by atoms with E-state index in [-0.39, 0.29) is 22.1 Å². The molecule has 3 aromatic rings. The minimum absolute atomic E-state index is 0.123. The molecule has 3 rings (SSSR count). The Kier molecular flexibility index (Phi) is 6.29. The lowest BCUT2D eigenvalue weighted by Gasteiger charge is -2.16. The molecule has 0 fully saturated rings. The predicted molar refractivity (Wildman–Crippen MR) is 111 cm³/mol. The number of aryl methyl sites for hydroxylation is 1. The number of rotatable bonds is 7. The summed E-state index contributed by atoms with van der Waals surface area (Å²) in [6.07, 6.45) is 0.831. The van der Waals surface area contributed by atoms with Gasteiger partial charge in [0.2, 0.25) is 0 Å². The Morgan fingerprint density at radius 1 is 1.21 bits per heavy atom. The number of benzene rings is 2. The summed E-state index contributed by atoms with van der Waals surface area (Å²) >= 11 is 1.54. The largest absolute Gasteiger partial charge is 0.336 e. The van der Waals surface area contributed by atoms with Gasteiger partial charge in [-0.2, -0.15) is 0 Å². The zero-order chi connectivity index (χ0) is 21.0. The first-order valence-electron chi connectivity index (χ1n) is 8.86. The highest BCUT2D eigenvalue weighted by Crippen LogP contribution is 2.20. The Balaban J connectivity index is 1.79. The molecule has 2 aromatic carbocycles. The molecular formula is C20H20FN3O3S2. The van der Waals surface area contributed by atoms with Gasteiger partial charge < -0.3 is 4.90 Å². The van der Waals surface area contributed by atoms with Crippen LogP contribution in [-0.2, 0) is 23.0 Å². The monoisotopic (exact) mass is 433 g/mol. The zero-order valence-electron chi connectivity index (χ0n) is 15.9. The van der Waals surface area contributed by atoms with Crippen LogP contribution in [0.15, 0.2) is 58.8 Å².